The van der Waals surface area contributed by atoms with E-state index >= 15 is 0 Å². The summed E-state index contributed by atoms with van der Waals surface area (Å²) in [5.74, 6) is -0.362. The zero-order valence-electron chi connectivity index (χ0n) is 9.02. The van der Waals surface area contributed by atoms with Crippen LogP contribution in [0.5, 0.6) is 0 Å². The predicted octanol–water partition coefficient (Wildman–Crippen LogP) is 1.53. The van der Waals surface area contributed by atoms with E-state index in [9.17, 15) is 4.79 Å². The minimum atomic E-state index is -0.362. The van der Waals surface area contributed by atoms with Gasteiger partial charge >= 0.3 is 5.97 Å². The SMILES string of the molecule is O=C(ONCC1CCCO1)c1ccccc1. The lowest BCUT2D eigenvalue weighted by Gasteiger charge is -2.10. The van der Waals surface area contributed by atoms with E-state index in [1.807, 2.05) is 6.07 Å². The lowest BCUT2D eigenvalue weighted by atomic mass is 10.2. The summed E-state index contributed by atoms with van der Waals surface area (Å²) in [6.45, 7) is 1.36. The Morgan fingerprint density at radius 3 is 2.94 bits per heavy atom. The van der Waals surface area contributed by atoms with E-state index in [0.717, 1.165) is 19.4 Å². The molecule has 1 N–H and O–H groups in total. The fraction of sp³-hybridized carbons (Fsp3) is 0.417. The molecule has 0 saturated carbocycles. The van der Waals surface area contributed by atoms with Gasteiger partial charge in [0, 0.05) is 6.61 Å². The molecular weight excluding hydrogens is 206 g/mol. The van der Waals surface area contributed by atoms with Gasteiger partial charge in [-0.3, -0.25) is 0 Å². The van der Waals surface area contributed by atoms with Crippen LogP contribution in [0.15, 0.2) is 30.3 Å². The van der Waals surface area contributed by atoms with Crippen LogP contribution >= 0.6 is 0 Å². The molecule has 4 nitrogen and oxygen atoms in total. The number of ether oxygens (including phenoxy) is 1. The third-order valence-electron chi connectivity index (χ3n) is 2.51. The van der Waals surface area contributed by atoms with E-state index in [1.54, 1.807) is 24.3 Å². The Morgan fingerprint density at radius 1 is 1.44 bits per heavy atom. The number of rotatable bonds is 4. The number of carbonyl (C=O) groups excluding carboxylic acids is 1. The molecule has 86 valence electrons. The van der Waals surface area contributed by atoms with Crippen molar-refractivity contribution >= 4 is 5.97 Å². The number of hydrogen-bond donors (Lipinski definition) is 1. The van der Waals surface area contributed by atoms with Crippen LogP contribution in [-0.4, -0.2) is 25.2 Å². The second kappa shape index (κ2) is 5.63. The monoisotopic (exact) mass is 221 g/mol. The summed E-state index contributed by atoms with van der Waals surface area (Å²) >= 11 is 0. The molecule has 0 amide bonds. The van der Waals surface area contributed by atoms with Crippen LogP contribution in [0.4, 0.5) is 0 Å². The van der Waals surface area contributed by atoms with Crippen LogP contribution in [0.3, 0.4) is 0 Å². The predicted molar refractivity (Wildman–Crippen MR) is 58.8 cm³/mol. The van der Waals surface area contributed by atoms with Gasteiger partial charge in [-0.15, -0.1) is 0 Å². The van der Waals surface area contributed by atoms with Gasteiger partial charge in [0.1, 0.15) is 0 Å². The lowest BCUT2D eigenvalue weighted by Crippen LogP contribution is -2.28. The number of benzene rings is 1. The highest BCUT2D eigenvalue weighted by atomic mass is 16.7. The zero-order chi connectivity index (χ0) is 11.2. The van der Waals surface area contributed by atoms with E-state index in [0.29, 0.717) is 12.1 Å². The molecule has 1 fully saturated rings. The van der Waals surface area contributed by atoms with Crippen LogP contribution < -0.4 is 5.48 Å². The quantitative estimate of drug-likeness (QED) is 0.783. The average Bonchev–Trinajstić information content (AvgIpc) is 2.83. The summed E-state index contributed by atoms with van der Waals surface area (Å²) in [7, 11) is 0. The van der Waals surface area contributed by atoms with Crippen molar-refractivity contribution in [2.45, 2.75) is 18.9 Å². The number of nitrogens with one attached hydrogen (secondary N) is 1. The Balaban J connectivity index is 1.71. The molecule has 4 heteroatoms. The molecule has 1 aliphatic heterocycles. The van der Waals surface area contributed by atoms with Crippen molar-refractivity contribution in [2.24, 2.45) is 0 Å². The van der Waals surface area contributed by atoms with Crippen molar-refractivity contribution in [1.82, 2.24) is 5.48 Å². The fourth-order valence-electron chi connectivity index (χ4n) is 1.64. The van der Waals surface area contributed by atoms with Crippen molar-refractivity contribution in [3.8, 4) is 0 Å². The second-order valence-electron chi connectivity index (χ2n) is 3.74. The van der Waals surface area contributed by atoms with Gasteiger partial charge in [0.2, 0.25) is 0 Å². The first-order chi connectivity index (χ1) is 7.86. The third kappa shape index (κ3) is 3.05. The molecule has 0 aliphatic carbocycles. The molecule has 1 aliphatic rings. The lowest BCUT2D eigenvalue weighted by molar-refractivity contribution is 0.0105. The van der Waals surface area contributed by atoms with Crippen molar-refractivity contribution in [1.29, 1.82) is 0 Å². The van der Waals surface area contributed by atoms with Gasteiger partial charge in [0.25, 0.3) is 0 Å². The van der Waals surface area contributed by atoms with Gasteiger partial charge in [-0.25, -0.2) is 4.79 Å². The van der Waals surface area contributed by atoms with Gasteiger partial charge in [-0.1, -0.05) is 18.2 Å². The molecule has 0 spiro atoms. The molecule has 1 heterocycles. The Bertz CT molecular complexity index is 333. The van der Waals surface area contributed by atoms with Gasteiger partial charge < -0.3 is 9.57 Å². The zero-order valence-corrected chi connectivity index (χ0v) is 9.02. The van der Waals surface area contributed by atoms with Crippen molar-refractivity contribution < 1.29 is 14.4 Å². The molecule has 16 heavy (non-hydrogen) atoms. The molecule has 1 aromatic rings. The standard InChI is InChI=1S/C12H15NO3/c14-12(10-5-2-1-3-6-10)16-13-9-11-7-4-8-15-11/h1-3,5-6,11,13H,4,7-9H2. The maximum atomic E-state index is 11.5. The van der Waals surface area contributed by atoms with Crippen molar-refractivity contribution in [2.75, 3.05) is 13.2 Å². The van der Waals surface area contributed by atoms with Crippen LogP contribution in [0.2, 0.25) is 0 Å². The summed E-state index contributed by atoms with van der Waals surface area (Å²) in [5, 5.41) is 0. The van der Waals surface area contributed by atoms with Crippen LogP contribution in [0.25, 0.3) is 0 Å². The van der Waals surface area contributed by atoms with Gasteiger partial charge in [-0.05, 0) is 25.0 Å². The highest BCUT2D eigenvalue weighted by Crippen LogP contribution is 2.10. The summed E-state index contributed by atoms with van der Waals surface area (Å²) in [5.41, 5.74) is 3.19. The van der Waals surface area contributed by atoms with Crippen molar-refractivity contribution in [3.05, 3.63) is 35.9 Å². The number of hydroxylamine groups is 1. The maximum Gasteiger partial charge on any atom is 0.356 e. The van der Waals surface area contributed by atoms with Gasteiger partial charge in [0.15, 0.2) is 0 Å². The summed E-state index contributed by atoms with van der Waals surface area (Å²) in [6, 6.07) is 8.90. The van der Waals surface area contributed by atoms with Crippen molar-refractivity contribution in [3.63, 3.8) is 0 Å². The first-order valence-electron chi connectivity index (χ1n) is 5.47. The first kappa shape index (κ1) is 11.1. The Labute approximate surface area is 94.5 Å². The normalized spacial score (nSPS) is 19.6. The molecule has 0 bridgehead atoms. The van der Waals surface area contributed by atoms with Gasteiger partial charge in [-0.2, -0.15) is 5.48 Å². The molecule has 1 atom stereocenters. The van der Waals surface area contributed by atoms with E-state index in [-0.39, 0.29) is 12.1 Å². The Hall–Kier alpha value is -1.39. The van der Waals surface area contributed by atoms with E-state index in [1.165, 1.54) is 0 Å². The van der Waals surface area contributed by atoms with E-state index in [2.05, 4.69) is 5.48 Å². The minimum Gasteiger partial charge on any atom is -0.377 e. The minimum absolute atomic E-state index is 0.170. The Kier molecular flexibility index (Phi) is 3.91. The van der Waals surface area contributed by atoms with E-state index < -0.39 is 0 Å². The first-order valence-corrected chi connectivity index (χ1v) is 5.47. The largest absolute Gasteiger partial charge is 0.377 e. The van der Waals surface area contributed by atoms with Gasteiger partial charge in [0.05, 0.1) is 18.2 Å². The van der Waals surface area contributed by atoms with Crippen LogP contribution in [0.1, 0.15) is 23.2 Å². The molecule has 1 unspecified atom stereocenters. The van der Waals surface area contributed by atoms with E-state index in [4.69, 9.17) is 9.57 Å². The summed E-state index contributed by atoms with van der Waals surface area (Å²) < 4.78 is 5.39. The third-order valence-corrected chi connectivity index (χ3v) is 2.51. The molecular formula is C12H15NO3. The molecule has 0 radical (unpaired) electrons. The second-order valence-corrected chi connectivity index (χ2v) is 3.74. The summed E-state index contributed by atoms with van der Waals surface area (Å²) in [6.07, 6.45) is 2.28. The molecule has 2 rings (SSSR count). The molecule has 1 saturated heterocycles. The smallest absolute Gasteiger partial charge is 0.356 e. The fourth-order valence-corrected chi connectivity index (χ4v) is 1.64. The Morgan fingerprint density at radius 2 is 2.25 bits per heavy atom. The summed E-state index contributed by atoms with van der Waals surface area (Å²) in [4.78, 5) is 16.4. The van der Waals surface area contributed by atoms with Crippen LogP contribution in [-0.2, 0) is 9.57 Å². The topological polar surface area (TPSA) is 47.6 Å². The number of carbonyl (C=O) groups is 1. The van der Waals surface area contributed by atoms with Crippen LogP contribution in [0, 0.1) is 0 Å². The highest BCUT2D eigenvalue weighted by molar-refractivity contribution is 5.89. The number of hydrogen-bond acceptors (Lipinski definition) is 4. The average molecular weight is 221 g/mol. The molecule has 1 aromatic carbocycles. The highest BCUT2D eigenvalue weighted by Gasteiger charge is 2.15. The molecule has 0 aromatic heterocycles. The maximum absolute atomic E-state index is 11.5.